The number of benzene rings is 1. The molecule has 1 spiro atoms. The number of rotatable bonds is 8. The molecule has 30 heavy (non-hydrogen) atoms. The molecule has 1 N–H and O–H groups in total. The van der Waals surface area contributed by atoms with Crippen molar-refractivity contribution in [2.24, 2.45) is 11.3 Å². The van der Waals surface area contributed by atoms with E-state index in [1.54, 1.807) is 18.4 Å². The Bertz CT molecular complexity index is 858. The van der Waals surface area contributed by atoms with Crippen LogP contribution in [0.5, 0.6) is 0 Å². The number of hydrogen-bond donors (Lipinski definition) is 1. The van der Waals surface area contributed by atoms with E-state index in [1.165, 1.54) is 4.70 Å². The van der Waals surface area contributed by atoms with E-state index in [1.807, 2.05) is 23.1 Å². The molecule has 1 saturated carbocycles. The Morgan fingerprint density at radius 3 is 2.87 bits per heavy atom. The number of aryl methyl sites for hydroxylation is 1. The molecule has 1 unspecified atom stereocenters. The highest BCUT2D eigenvalue weighted by molar-refractivity contribution is 7.18. The van der Waals surface area contributed by atoms with Crippen LogP contribution in [-0.4, -0.2) is 55.0 Å². The summed E-state index contributed by atoms with van der Waals surface area (Å²) >= 11 is 1.71. The van der Waals surface area contributed by atoms with Crippen LogP contribution in [0.3, 0.4) is 0 Å². The third-order valence-electron chi connectivity index (χ3n) is 6.64. The summed E-state index contributed by atoms with van der Waals surface area (Å²) in [6.45, 7) is 2.33. The number of likely N-dealkylation sites (tertiary alicyclic amines) is 1. The molecular formula is C23H31N3O3S. The van der Waals surface area contributed by atoms with Gasteiger partial charge < -0.3 is 15.0 Å². The molecule has 2 fully saturated rings. The van der Waals surface area contributed by atoms with Gasteiger partial charge in [-0.05, 0) is 37.8 Å². The van der Waals surface area contributed by atoms with Crippen molar-refractivity contribution in [2.45, 2.75) is 44.9 Å². The maximum atomic E-state index is 12.9. The Morgan fingerprint density at radius 1 is 1.30 bits per heavy atom. The Hall–Kier alpha value is -1.99. The number of amides is 2. The fraction of sp³-hybridized carbons (Fsp3) is 0.609. The van der Waals surface area contributed by atoms with Gasteiger partial charge in [0.05, 0.1) is 27.7 Å². The van der Waals surface area contributed by atoms with Crippen molar-refractivity contribution in [3.8, 4) is 0 Å². The van der Waals surface area contributed by atoms with Crippen LogP contribution in [0.25, 0.3) is 10.2 Å². The zero-order valence-electron chi connectivity index (χ0n) is 17.7. The largest absolute Gasteiger partial charge is 0.383 e. The fourth-order valence-electron chi connectivity index (χ4n) is 5.08. The van der Waals surface area contributed by atoms with E-state index in [0.717, 1.165) is 55.6 Å². The Labute approximate surface area is 182 Å². The molecule has 1 atom stereocenters. The van der Waals surface area contributed by atoms with Crippen LogP contribution >= 0.6 is 11.3 Å². The summed E-state index contributed by atoms with van der Waals surface area (Å²) in [6, 6.07) is 8.15. The van der Waals surface area contributed by atoms with Crippen molar-refractivity contribution in [1.29, 1.82) is 0 Å². The molecule has 4 rings (SSSR count). The molecule has 162 valence electrons. The van der Waals surface area contributed by atoms with Crippen LogP contribution in [0.2, 0.25) is 0 Å². The standard InChI is InChI=1S/C23H31N3O3S/c1-29-14-13-24-22(28)17-15-26(16-23(17)11-4-5-12-23)21(27)10-6-9-20-25-18-7-2-3-8-19(18)30-20/h2-3,7-8,17H,4-6,9-16H2,1H3,(H,24,28). The molecule has 1 aromatic heterocycles. The van der Waals surface area contributed by atoms with Gasteiger partial charge in [-0.2, -0.15) is 0 Å². The lowest BCUT2D eigenvalue weighted by Crippen LogP contribution is -2.41. The number of nitrogens with zero attached hydrogens (tertiary/aromatic N) is 2. The second-order valence-corrected chi connectivity index (χ2v) is 9.72. The number of carbonyl (C=O) groups excluding carboxylic acids is 2. The first-order chi connectivity index (χ1) is 14.6. The number of thiazole rings is 1. The lowest BCUT2D eigenvalue weighted by atomic mass is 9.76. The topological polar surface area (TPSA) is 71.5 Å². The highest BCUT2D eigenvalue weighted by Crippen LogP contribution is 2.49. The average molecular weight is 430 g/mol. The van der Waals surface area contributed by atoms with Crippen molar-refractivity contribution < 1.29 is 14.3 Å². The van der Waals surface area contributed by atoms with Crippen molar-refractivity contribution in [3.05, 3.63) is 29.3 Å². The predicted molar refractivity (Wildman–Crippen MR) is 118 cm³/mol. The van der Waals surface area contributed by atoms with E-state index < -0.39 is 0 Å². The van der Waals surface area contributed by atoms with Crippen LogP contribution in [-0.2, 0) is 20.7 Å². The molecule has 7 heteroatoms. The maximum Gasteiger partial charge on any atom is 0.225 e. The SMILES string of the molecule is COCCNC(=O)C1CN(C(=O)CCCc2nc3ccccc3s2)CC12CCCC2. The summed E-state index contributed by atoms with van der Waals surface area (Å²) in [4.78, 5) is 32.4. The summed E-state index contributed by atoms with van der Waals surface area (Å²) in [7, 11) is 1.63. The number of aromatic nitrogens is 1. The zero-order valence-corrected chi connectivity index (χ0v) is 18.5. The van der Waals surface area contributed by atoms with Crippen LogP contribution in [0.1, 0.15) is 43.5 Å². The first kappa shape index (κ1) is 21.2. The number of methoxy groups -OCH3 is 1. The van der Waals surface area contributed by atoms with E-state index in [4.69, 9.17) is 4.74 Å². The van der Waals surface area contributed by atoms with Crippen LogP contribution < -0.4 is 5.32 Å². The second kappa shape index (κ2) is 9.43. The molecule has 6 nitrogen and oxygen atoms in total. The molecule has 0 bridgehead atoms. The van der Waals surface area contributed by atoms with Crippen molar-refractivity contribution in [3.63, 3.8) is 0 Å². The summed E-state index contributed by atoms with van der Waals surface area (Å²) in [5, 5.41) is 4.10. The number of fused-ring (bicyclic) bond motifs is 1. The summed E-state index contributed by atoms with van der Waals surface area (Å²) < 4.78 is 6.25. The molecule has 2 heterocycles. The van der Waals surface area contributed by atoms with E-state index >= 15 is 0 Å². The van der Waals surface area contributed by atoms with Gasteiger partial charge >= 0.3 is 0 Å². The summed E-state index contributed by atoms with van der Waals surface area (Å²) in [6.07, 6.45) is 6.54. The number of nitrogens with one attached hydrogen (secondary N) is 1. The van der Waals surface area contributed by atoms with Gasteiger partial charge in [-0.25, -0.2) is 4.98 Å². The smallest absolute Gasteiger partial charge is 0.225 e. The van der Waals surface area contributed by atoms with Crippen LogP contribution in [0.15, 0.2) is 24.3 Å². The lowest BCUT2D eigenvalue weighted by Gasteiger charge is -2.28. The Morgan fingerprint density at radius 2 is 2.10 bits per heavy atom. The average Bonchev–Trinajstić information content (AvgIpc) is 3.47. The third-order valence-corrected chi connectivity index (χ3v) is 7.74. The quantitative estimate of drug-likeness (QED) is 0.653. The fourth-order valence-corrected chi connectivity index (χ4v) is 6.09. The molecule has 1 saturated heterocycles. The number of carbonyl (C=O) groups is 2. The molecule has 0 radical (unpaired) electrons. The number of para-hydroxylation sites is 1. The first-order valence-electron chi connectivity index (χ1n) is 11.0. The van der Waals surface area contributed by atoms with Gasteiger partial charge in [0.1, 0.15) is 0 Å². The third kappa shape index (κ3) is 4.52. The highest BCUT2D eigenvalue weighted by Gasteiger charge is 2.52. The van der Waals surface area contributed by atoms with Gasteiger partial charge in [-0.3, -0.25) is 9.59 Å². The normalized spacial score (nSPS) is 20.3. The molecular weight excluding hydrogens is 398 g/mol. The maximum absolute atomic E-state index is 12.9. The van der Waals surface area contributed by atoms with Gasteiger partial charge in [-0.15, -0.1) is 11.3 Å². The van der Waals surface area contributed by atoms with Gasteiger partial charge in [0, 0.05) is 38.6 Å². The van der Waals surface area contributed by atoms with E-state index in [9.17, 15) is 9.59 Å². The Kier molecular flexibility index (Phi) is 6.68. The van der Waals surface area contributed by atoms with E-state index in [2.05, 4.69) is 16.4 Å². The molecule has 2 aromatic rings. The predicted octanol–water partition coefficient (Wildman–Crippen LogP) is 3.40. The molecule has 1 aliphatic heterocycles. The van der Waals surface area contributed by atoms with Crippen molar-refractivity contribution in [1.82, 2.24) is 15.2 Å². The van der Waals surface area contributed by atoms with Gasteiger partial charge in [0.2, 0.25) is 11.8 Å². The van der Waals surface area contributed by atoms with Gasteiger partial charge in [0.15, 0.2) is 0 Å². The van der Waals surface area contributed by atoms with E-state index in [0.29, 0.717) is 26.1 Å². The second-order valence-electron chi connectivity index (χ2n) is 8.61. The molecule has 2 amide bonds. The van der Waals surface area contributed by atoms with Crippen molar-refractivity contribution in [2.75, 3.05) is 33.4 Å². The van der Waals surface area contributed by atoms with Gasteiger partial charge in [-0.1, -0.05) is 25.0 Å². The first-order valence-corrected chi connectivity index (χ1v) is 11.8. The molecule has 2 aliphatic rings. The Balaban J connectivity index is 1.32. The highest BCUT2D eigenvalue weighted by atomic mass is 32.1. The summed E-state index contributed by atoms with van der Waals surface area (Å²) in [5.74, 6) is 0.165. The minimum Gasteiger partial charge on any atom is -0.383 e. The minimum atomic E-state index is -0.0925. The number of ether oxygens (including phenoxy) is 1. The van der Waals surface area contributed by atoms with Gasteiger partial charge in [0.25, 0.3) is 0 Å². The minimum absolute atomic E-state index is 0.0279. The molecule has 1 aromatic carbocycles. The summed E-state index contributed by atoms with van der Waals surface area (Å²) in [5.41, 5.74) is 1.01. The van der Waals surface area contributed by atoms with Crippen LogP contribution in [0, 0.1) is 11.3 Å². The molecule has 1 aliphatic carbocycles. The van der Waals surface area contributed by atoms with Crippen LogP contribution in [0.4, 0.5) is 0 Å². The number of hydrogen-bond acceptors (Lipinski definition) is 5. The van der Waals surface area contributed by atoms with Crippen molar-refractivity contribution >= 4 is 33.4 Å². The zero-order chi connectivity index (χ0) is 21.0. The van der Waals surface area contributed by atoms with E-state index in [-0.39, 0.29) is 23.1 Å². The lowest BCUT2D eigenvalue weighted by molar-refractivity contribution is -0.130. The monoisotopic (exact) mass is 429 g/mol.